The fraction of sp³-hybridized carbons (Fsp3) is 0.111. The summed E-state index contributed by atoms with van der Waals surface area (Å²) >= 11 is 0. The normalized spacial score (nSPS) is 10.6. The van der Waals surface area contributed by atoms with E-state index in [9.17, 15) is 4.79 Å². The molecule has 3 aromatic rings. The Balaban J connectivity index is 2.33. The van der Waals surface area contributed by atoms with Gasteiger partial charge in [0.2, 0.25) is 0 Å². The maximum atomic E-state index is 12.1. The molecule has 0 fully saturated rings. The van der Waals surface area contributed by atoms with Crippen molar-refractivity contribution in [2.45, 2.75) is 6.92 Å². The Morgan fingerprint density at radius 3 is 2.50 bits per heavy atom. The first kappa shape index (κ1) is 14.1. The number of esters is 1. The molecule has 1 heterocycles. The van der Waals surface area contributed by atoms with E-state index in [4.69, 9.17) is 10.5 Å². The number of para-hydroxylation sites is 1. The zero-order valence-corrected chi connectivity index (χ0v) is 12.2. The number of anilines is 1. The Labute approximate surface area is 128 Å². The molecule has 1 aromatic heterocycles. The molecule has 0 unspecified atom stereocenters. The summed E-state index contributed by atoms with van der Waals surface area (Å²) in [4.78, 5) is 16.5. The van der Waals surface area contributed by atoms with Gasteiger partial charge in [0.15, 0.2) is 5.69 Å². The molecular weight excluding hydrogens is 276 g/mol. The fourth-order valence-corrected chi connectivity index (χ4v) is 2.50. The molecule has 0 aliphatic carbocycles. The zero-order valence-electron chi connectivity index (χ0n) is 12.2. The zero-order chi connectivity index (χ0) is 15.5. The molecule has 0 atom stereocenters. The van der Waals surface area contributed by atoms with Crippen molar-refractivity contribution in [2.24, 2.45) is 0 Å². The summed E-state index contributed by atoms with van der Waals surface area (Å²) in [6, 6.07) is 17.4. The van der Waals surface area contributed by atoms with Crippen LogP contribution in [0.2, 0.25) is 0 Å². The molecule has 0 saturated heterocycles. The molecule has 0 amide bonds. The number of benzene rings is 2. The first-order valence-corrected chi connectivity index (χ1v) is 7.13. The van der Waals surface area contributed by atoms with E-state index in [1.807, 2.05) is 54.6 Å². The summed E-state index contributed by atoms with van der Waals surface area (Å²) < 4.78 is 5.07. The Kier molecular flexibility index (Phi) is 3.74. The minimum Gasteiger partial charge on any atom is -0.461 e. The van der Waals surface area contributed by atoms with Crippen LogP contribution in [0.3, 0.4) is 0 Å². The van der Waals surface area contributed by atoms with Gasteiger partial charge in [-0.1, -0.05) is 48.5 Å². The molecular formula is C18H16N2O2. The lowest BCUT2D eigenvalue weighted by atomic mass is 9.98. The third-order valence-corrected chi connectivity index (χ3v) is 3.46. The van der Waals surface area contributed by atoms with Gasteiger partial charge in [-0.3, -0.25) is 0 Å². The van der Waals surface area contributed by atoms with E-state index in [2.05, 4.69) is 4.98 Å². The third-order valence-electron chi connectivity index (χ3n) is 3.46. The van der Waals surface area contributed by atoms with Gasteiger partial charge in [-0.25, -0.2) is 9.78 Å². The van der Waals surface area contributed by atoms with Gasteiger partial charge in [0, 0.05) is 10.9 Å². The van der Waals surface area contributed by atoms with Crippen molar-refractivity contribution in [2.75, 3.05) is 12.3 Å². The minimum absolute atomic E-state index is 0.166. The maximum Gasteiger partial charge on any atom is 0.359 e. The number of carbonyl (C=O) groups excluding carboxylic acids is 1. The third kappa shape index (κ3) is 2.39. The standard InChI is InChI=1S/C18H16N2O2/c1-2-22-18(21)17-16(19)15(12-8-4-3-5-9-12)13-10-6-7-11-14(13)20-17/h3-11H,2,19H2,1H3. The Morgan fingerprint density at radius 1 is 1.09 bits per heavy atom. The number of rotatable bonds is 3. The second-order valence-corrected chi connectivity index (χ2v) is 4.85. The summed E-state index contributed by atoms with van der Waals surface area (Å²) in [5, 5.41) is 0.916. The van der Waals surface area contributed by atoms with Crippen LogP contribution in [0.5, 0.6) is 0 Å². The lowest BCUT2D eigenvalue weighted by molar-refractivity contribution is 0.0521. The van der Waals surface area contributed by atoms with Gasteiger partial charge < -0.3 is 10.5 Å². The second-order valence-electron chi connectivity index (χ2n) is 4.85. The first-order chi connectivity index (χ1) is 10.7. The van der Waals surface area contributed by atoms with E-state index in [-0.39, 0.29) is 12.3 Å². The Hall–Kier alpha value is -2.88. The molecule has 0 radical (unpaired) electrons. The van der Waals surface area contributed by atoms with Crippen LogP contribution in [0.4, 0.5) is 5.69 Å². The van der Waals surface area contributed by atoms with E-state index < -0.39 is 5.97 Å². The van der Waals surface area contributed by atoms with Crippen molar-refractivity contribution in [3.63, 3.8) is 0 Å². The van der Waals surface area contributed by atoms with Crippen molar-refractivity contribution >= 4 is 22.6 Å². The molecule has 0 aliphatic rings. The van der Waals surface area contributed by atoms with E-state index in [0.29, 0.717) is 5.69 Å². The number of ether oxygens (including phenoxy) is 1. The number of carbonyl (C=O) groups is 1. The summed E-state index contributed by atoms with van der Waals surface area (Å²) in [5.41, 5.74) is 9.25. The number of nitrogen functional groups attached to an aromatic ring is 1. The highest BCUT2D eigenvalue weighted by Crippen LogP contribution is 2.35. The number of fused-ring (bicyclic) bond motifs is 1. The summed E-state index contributed by atoms with van der Waals surface area (Å²) in [6.07, 6.45) is 0. The SMILES string of the molecule is CCOC(=O)c1nc2ccccc2c(-c2ccccc2)c1N. The van der Waals surface area contributed by atoms with Gasteiger partial charge in [0.25, 0.3) is 0 Å². The van der Waals surface area contributed by atoms with Crippen LogP contribution >= 0.6 is 0 Å². The molecule has 0 spiro atoms. The molecule has 0 saturated carbocycles. The largest absolute Gasteiger partial charge is 0.461 e. The average Bonchev–Trinajstić information content (AvgIpc) is 2.55. The molecule has 2 aromatic carbocycles. The van der Waals surface area contributed by atoms with Gasteiger partial charge in [0.05, 0.1) is 17.8 Å². The molecule has 3 rings (SSSR count). The average molecular weight is 292 g/mol. The molecule has 4 heteroatoms. The fourth-order valence-electron chi connectivity index (χ4n) is 2.50. The Bertz CT molecular complexity index is 829. The molecule has 110 valence electrons. The van der Waals surface area contributed by atoms with Gasteiger partial charge in [0.1, 0.15) is 0 Å². The van der Waals surface area contributed by atoms with Gasteiger partial charge >= 0.3 is 5.97 Å². The monoisotopic (exact) mass is 292 g/mol. The van der Waals surface area contributed by atoms with Crippen LogP contribution < -0.4 is 5.73 Å². The van der Waals surface area contributed by atoms with E-state index >= 15 is 0 Å². The van der Waals surface area contributed by atoms with Gasteiger partial charge in [-0.05, 0) is 18.6 Å². The van der Waals surface area contributed by atoms with Crippen molar-refractivity contribution in [1.82, 2.24) is 4.98 Å². The predicted molar refractivity (Wildman–Crippen MR) is 87.5 cm³/mol. The highest BCUT2D eigenvalue weighted by Gasteiger charge is 2.19. The summed E-state index contributed by atoms with van der Waals surface area (Å²) in [6.45, 7) is 2.04. The first-order valence-electron chi connectivity index (χ1n) is 7.13. The smallest absolute Gasteiger partial charge is 0.359 e. The highest BCUT2D eigenvalue weighted by atomic mass is 16.5. The molecule has 22 heavy (non-hydrogen) atoms. The van der Waals surface area contributed by atoms with Crippen LogP contribution in [0.15, 0.2) is 54.6 Å². The van der Waals surface area contributed by atoms with Gasteiger partial charge in [-0.15, -0.1) is 0 Å². The van der Waals surface area contributed by atoms with Crippen LogP contribution in [0.25, 0.3) is 22.0 Å². The summed E-state index contributed by atoms with van der Waals surface area (Å²) in [5.74, 6) is -0.497. The minimum atomic E-state index is -0.497. The number of nitrogens with two attached hydrogens (primary N) is 1. The molecule has 2 N–H and O–H groups in total. The Morgan fingerprint density at radius 2 is 1.77 bits per heavy atom. The van der Waals surface area contributed by atoms with Gasteiger partial charge in [-0.2, -0.15) is 0 Å². The topological polar surface area (TPSA) is 65.2 Å². The quantitative estimate of drug-likeness (QED) is 0.748. The van der Waals surface area contributed by atoms with Crippen LogP contribution in [0, 0.1) is 0 Å². The maximum absolute atomic E-state index is 12.1. The lowest BCUT2D eigenvalue weighted by Crippen LogP contribution is -2.12. The van der Waals surface area contributed by atoms with E-state index in [1.165, 1.54) is 0 Å². The van der Waals surface area contributed by atoms with Crippen molar-refractivity contribution in [3.8, 4) is 11.1 Å². The molecule has 0 aliphatic heterocycles. The number of pyridine rings is 1. The van der Waals surface area contributed by atoms with Crippen LogP contribution in [0.1, 0.15) is 17.4 Å². The van der Waals surface area contributed by atoms with Crippen molar-refractivity contribution in [3.05, 3.63) is 60.3 Å². The second kappa shape index (κ2) is 5.85. The van der Waals surface area contributed by atoms with Crippen LogP contribution in [-0.2, 0) is 4.74 Å². The van der Waals surface area contributed by atoms with E-state index in [1.54, 1.807) is 6.92 Å². The van der Waals surface area contributed by atoms with Crippen molar-refractivity contribution < 1.29 is 9.53 Å². The number of nitrogens with zero attached hydrogens (tertiary/aromatic N) is 1. The molecule has 0 bridgehead atoms. The number of hydrogen-bond donors (Lipinski definition) is 1. The number of hydrogen-bond acceptors (Lipinski definition) is 4. The highest BCUT2D eigenvalue weighted by molar-refractivity contribution is 6.07. The number of aromatic nitrogens is 1. The predicted octanol–water partition coefficient (Wildman–Crippen LogP) is 3.66. The summed E-state index contributed by atoms with van der Waals surface area (Å²) in [7, 11) is 0. The van der Waals surface area contributed by atoms with E-state index in [0.717, 1.165) is 22.0 Å². The molecule has 4 nitrogen and oxygen atoms in total. The van der Waals surface area contributed by atoms with Crippen molar-refractivity contribution in [1.29, 1.82) is 0 Å². The lowest BCUT2D eigenvalue weighted by Gasteiger charge is -2.13. The van der Waals surface area contributed by atoms with Crippen LogP contribution in [-0.4, -0.2) is 17.6 Å².